The van der Waals surface area contributed by atoms with E-state index in [4.69, 9.17) is 16.9 Å². The van der Waals surface area contributed by atoms with Crippen molar-refractivity contribution in [1.82, 2.24) is 0 Å². The van der Waals surface area contributed by atoms with Gasteiger partial charge >= 0.3 is 0 Å². The van der Waals surface area contributed by atoms with Crippen LogP contribution in [0.5, 0.6) is 0 Å². The van der Waals surface area contributed by atoms with Gasteiger partial charge < -0.3 is 10.6 Å². The van der Waals surface area contributed by atoms with Crippen molar-refractivity contribution in [3.05, 3.63) is 58.1 Å². The summed E-state index contributed by atoms with van der Waals surface area (Å²) >= 11 is 6.01. The van der Waals surface area contributed by atoms with Crippen LogP contribution in [0.4, 0.5) is 11.4 Å². The first-order valence-electron chi connectivity index (χ1n) is 7.06. The largest absolute Gasteiger partial charge is 0.385 e. The van der Waals surface area contributed by atoms with Crippen LogP contribution in [0.15, 0.2) is 36.4 Å². The van der Waals surface area contributed by atoms with Gasteiger partial charge in [0.05, 0.1) is 11.3 Å². The molecule has 0 bridgehead atoms. The van der Waals surface area contributed by atoms with Gasteiger partial charge in [0, 0.05) is 23.8 Å². The van der Waals surface area contributed by atoms with Crippen LogP contribution in [0.1, 0.15) is 23.1 Å². The first-order valence-corrected chi connectivity index (χ1v) is 7.44. The van der Waals surface area contributed by atoms with E-state index >= 15 is 0 Å². The summed E-state index contributed by atoms with van der Waals surface area (Å²) in [6.45, 7) is 1.69. The van der Waals surface area contributed by atoms with Crippen LogP contribution in [-0.2, 0) is 13.0 Å². The number of benzene rings is 2. The molecule has 1 heterocycles. The van der Waals surface area contributed by atoms with Crippen molar-refractivity contribution >= 4 is 23.0 Å². The molecule has 0 fully saturated rings. The van der Waals surface area contributed by atoms with E-state index in [2.05, 4.69) is 34.9 Å². The van der Waals surface area contributed by atoms with E-state index in [1.807, 2.05) is 0 Å². The molecular weight excluding hydrogens is 282 g/mol. The number of aryl methyl sites for hydroxylation is 1. The Balaban J connectivity index is 1.83. The summed E-state index contributed by atoms with van der Waals surface area (Å²) in [5.74, 6) is 0. The molecule has 0 radical (unpaired) electrons. The van der Waals surface area contributed by atoms with Crippen LogP contribution in [0.2, 0.25) is 5.02 Å². The summed E-state index contributed by atoms with van der Waals surface area (Å²) in [4.78, 5) is 0. The van der Waals surface area contributed by atoms with Gasteiger partial charge in [0.2, 0.25) is 0 Å². The molecule has 0 spiro atoms. The average Bonchev–Trinajstić information content (AvgIpc) is 2.53. The SMILES string of the molecule is N#Cc1ccc(Cl)cc1NCc1cccc2c1NCCC2. The highest BCUT2D eigenvalue weighted by Crippen LogP contribution is 2.27. The molecule has 0 saturated heterocycles. The van der Waals surface area contributed by atoms with Crippen LogP contribution < -0.4 is 10.6 Å². The molecule has 3 nitrogen and oxygen atoms in total. The molecule has 1 aliphatic heterocycles. The summed E-state index contributed by atoms with van der Waals surface area (Å²) in [5.41, 5.74) is 5.20. The minimum atomic E-state index is 0.608. The molecule has 0 aliphatic carbocycles. The van der Waals surface area contributed by atoms with Crippen molar-refractivity contribution < 1.29 is 0 Å². The lowest BCUT2D eigenvalue weighted by Gasteiger charge is -2.21. The van der Waals surface area contributed by atoms with Gasteiger partial charge in [0.15, 0.2) is 0 Å². The Morgan fingerprint density at radius 2 is 2.19 bits per heavy atom. The molecule has 2 aromatic carbocycles. The molecule has 0 atom stereocenters. The predicted octanol–water partition coefficient (Wildman–Crippen LogP) is 4.18. The highest BCUT2D eigenvalue weighted by molar-refractivity contribution is 6.30. The minimum absolute atomic E-state index is 0.608. The van der Waals surface area contributed by atoms with E-state index in [1.54, 1.807) is 18.2 Å². The quantitative estimate of drug-likeness (QED) is 0.893. The number of nitrogens with one attached hydrogen (secondary N) is 2. The van der Waals surface area contributed by atoms with E-state index < -0.39 is 0 Å². The zero-order valence-corrected chi connectivity index (χ0v) is 12.4. The number of nitriles is 1. The third-order valence-electron chi connectivity index (χ3n) is 3.73. The molecule has 4 heteroatoms. The minimum Gasteiger partial charge on any atom is -0.385 e. The number of fused-ring (bicyclic) bond motifs is 1. The van der Waals surface area contributed by atoms with Gasteiger partial charge in [-0.05, 0) is 42.2 Å². The summed E-state index contributed by atoms with van der Waals surface area (Å²) in [6.07, 6.45) is 2.30. The van der Waals surface area contributed by atoms with Gasteiger partial charge in [-0.2, -0.15) is 5.26 Å². The van der Waals surface area contributed by atoms with Crippen LogP contribution in [0.25, 0.3) is 0 Å². The standard InChI is InChI=1S/C17H16ClN3/c18-15-7-6-13(10-19)16(9-15)21-11-14-4-1-3-12-5-2-8-20-17(12)14/h1,3-4,6-7,9,20-21H,2,5,8,11H2. The second kappa shape index (κ2) is 6.07. The lowest BCUT2D eigenvalue weighted by molar-refractivity contribution is 0.825. The zero-order chi connectivity index (χ0) is 14.7. The van der Waals surface area contributed by atoms with Crippen molar-refractivity contribution in [1.29, 1.82) is 5.26 Å². The Kier molecular flexibility index (Phi) is 3.98. The van der Waals surface area contributed by atoms with Gasteiger partial charge in [-0.1, -0.05) is 29.8 Å². The Morgan fingerprint density at radius 3 is 3.05 bits per heavy atom. The lowest BCUT2D eigenvalue weighted by atomic mass is 9.99. The van der Waals surface area contributed by atoms with Gasteiger partial charge in [0.1, 0.15) is 6.07 Å². The maximum Gasteiger partial charge on any atom is 0.101 e. The van der Waals surface area contributed by atoms with Crippen molar-refractivity contribution in [3.8, 4) is 6.07 Å². The lowest BCUT2D eigenvalue weighted by Crippen LogP contribution is -2.15. The molecule has 0 amide bonds. The van der Waals surface area contributed by atoms with Gasteiger partial charge in [-0.3, -0.25) is 0 Å². The number of anilines is 2. The van der Waals surface area contributed by atoms with Crippen molar-refractivity contribution in [3.63, 3.8) is 0 Å². The van der Waals surface area contributed by atoms with Crippen molar-refractivity contribution in [2.45, 2.75) is 19.4 Å². The maximum atomic E-state index is 9.15. The van der Waals surface area contributed by atoms with Gasteiger partial charge in [-0.25, -0.2) is 0 Å². The van der Waals surface area contributed by atoms with Crippen LogP contribution in [-0.4, -0.2) is 6.54 Å². The number of rotatable bonds is 3. The van der Waals surface area contributed by atoms with Crippen molar-refractivity contribution in [2.75, 3.05) is 17.2 Å². The molecule has 0 aromatic heterocycles. The Labute approximate surface area is 129 Å². The highest BCUT2D eigenvalue weighted by atomic mass is 35.5. The summed E-state index contributed by atoms with van der Waals surface area (Å²) in [5, 5.41) is 16.6. The Morgan fingerprint density at radius 1 is 1.29 bits per heavy atom. The summed E-state index contributed by atoms with van der Waals surface area (Å²) in [7, 11) is 0. The third-order valence-corrected chi connectivity index (χ3v) is 3.97. The maximum absolute atomic E-state index is 9.15. The van der Waals surface area contributed by atoms with E-state index in [9.17, 15) is 0 Å². The highest BCUT2D eigenvalue weighted by Gasteiger charge is 2.12. The fraction of sp³-hybridized carbons (Fsp3) is 0.235. The summed E-state index contributed by atoms with van der Waals surface area (Å²) in [6, 6.07) is 13.8. The van der Waals surface area contributed by atoms with Crippen LogP contribution >= 0.6 is 11.6 Å². The van der Waals surface area contributed by atoms with E-state index in [0.717, 1.165) is 18.7 Å². The smallest absolute Gasteiger partial charge is 0.101 e. The summed E-state index contributed by atoms with van der Waals surface area (Å²) < 4.78 is 0. The Hall–Kier alpha value is -2.18. The fourth-order valence-electron chi connectivity index (χ4n) is 2.68. The predicted molar refractivity (Wildman–Crippen MR) is 86.7 cm³/mol. The molecule has 2 N–H and O–H groups in total. The van der Waals surface area contributed by atoms with Crippen LogP contribution in [0.3, 0.4) is 0 Å². The van der Waals surface area contributed by atoms with Crippen LogP contribution in [0, 0.1) is 11.3 Å². The first kappa shape index (κ1) is 13.8. The second-order valence-corrected chi connectivity index (χ2v) is 5.57. The molecular formula is C17H16ClN3. The monoisotopic (exact) mass is 297 g/mol. The molecule has 0 saturated carbocycles. The van der Waals surface area contributed by atoms with E-state index in [0.29, 0.717) is 17.1 Å². The number of halogens is 1. The van der Waals surface area contributed by atoms with E-state index in [-0.39, 0.29) is 0 Å². The molecule has 0 unspecified atom stereocenters. The molecule has 2 aromatic rings. The van der Waals surface area contributed by atoms with E-state index in [1.165, 1.54) is 23.2 Å². The third kappa shape index (κ3) is 2.96. The van der Waals surface area contributed by atoms with Crippen molar-refractivity contribution in [2.24, 2.45) is 0 Å². The van der Waals surface area contributed by atoms with Gasteiger partial charge in [-0.15, -0.1) is 0 Å². The molecule has 106 valence electrons. The first-order chi connectivity index (χ1) is 10.3. The molecule has 3 rings (SSSR count). The number of hydrogen-bond donors (Lipinski definition) is 2. The number of para-hydroxylation sites is 1. The fourth-order valence-corrected chi connectivity index (χ4v) is 2.85. The zero-order valence-electron chi connectivity index (χ0n) is 11.6. The topological polar surface area (TPSA) is 47.9 Å². The number of nitrogens with zero attached hydrogens (tertiary/aromatic N) is 1. The average molecular weight is 298 g/mol. The normalized spacial score (nSPS) is 13.0. The molecule has 1 aliphatic rings. The second-order valence-electron chi connectivity index (χ2n) is 5.14. The van der Waals surface area contributed by atoms with Gasteiger partial charge in [0.25, 0.3) is 0 Å². The Bertz CT molecular complexity index is 704. The number of hydrogen-bond acceptors (Lipinski definition) is 3. The molecule has 21 heavy (non-hydrogen) atoms.